The number of hydrogen-bond acceptors (Lipinski definition) is 5. The molecule has 0 aliphatic rings. The third kappa shape index (κ3) is 3.24. The molecule has 0 radical (unpaired) electrons. The molecule has 7 heteroatoms. The number of halogens is 1. The van der Waals surface area contributed by atoms with E-state index in [9.17, 15) is 10.1 Å². The second kappa shape index (κ2) is 6.03. The van der Waals surface area contributed by atoms with Gasteiger partial charge in [0.2, 0.25) is 0 Å². The van der Waals surface area contributed by atoms with E-state index in [1.165, 1.54) is 6.07 Å². The zero-order valence-corrected chi connectivity index (χ0v) is 11.8. The summed E-state index contributed by atoms with van der Waals surface area (Å²) in [5.74, 6) is 0.829. The SMILES string of the molecule is CCCNC(c1ccc(Br)o1)c1ccc([N+](=O)[O-])o1. The summed E-state index contributed by atoms with van der Waals surface area (Å²) in [7, 11) is 0. The second-order valence-corrected chi connectivity index (χ2v) is 4.74. The number of hydrogen-bond donors (Lipinski definition) is 1. The van der Waals surface area contributed by atoms with Crippen molar-refractivity contribution < 1.29 is 13.8 Å². The van der Waals surface area contributed by atoms with E-state index >= 15 is 0 Å². The Hall–Kier alpha value is -1.60. The fraction of sp³-hybridized carbons (Fsp3) is 0.333. The molecule has 0 saturated heterocycles. The van der Waals surface area contributed by atoms with Crippen molar-refractivity contribution in [3.8, 4) is 0 Å². The van der Waals surface area contributed by atoms with E-state index in [4.69, 9.17) is 8.83 Å². The van der Waals surface area contributed by atoms with E-state index in [1.807, 2.05) is 6.92 Å². The Balaban J connectivity index is 2.28. The first kappa shape index (κ1) is 13.8. The first-order chi connectivity index (χ1) is 9.11. The Morgan fingerprint density at radius 2 is 2.00 bits per heavy atom. The van der Waals surface area contributed by atoms with E-state index in [1.54, 1.807) is 18.2 Å². The van der Waals surface area contributed by atoms with Crippen molar-refractivity contribution in [2.45, 2.75) is 19.4 Å². The molecule has 2 heterocycles. The average molecular weight is 329 g/mol. The lowest BCUT2D eigenvalue weighted by Crippen LogP contribution is -2.22. The van der Waals surface area contributed by atoms with Crippen LogP contribution >= 0.6 is 15.9 Å². The zero-order chi connectivity index (χ0) is 13.8. The molecule has 19 heavy (non-hydrogen) atoms. The summed E-state index contributed by atoms with van der Waals surface area (Å²) in [5.41, 5.74) is 0. The van der Waals surface area contributed by atoms with Gasteiger partial charge in [-0.15, -0.1) is 0 Å². The van der Waals surface area contributed by atoms with Crippen molar-refractivity contribution in [1.29, 1.82) is 0 Å². The fourth-order valence-corrected chi connectivity index (χ4v) is 2.03. The van der Waals surface area contributed by atoms with Crippen LogP contribution in [-0.2, 0) is 0 Å². The molecule has 2 aromatic heterocycles. The second-order valence-electron chi connectivity index (χ2n) is 3.96. The predicted molar refractivity (Wildman–Crippen MR) is 71.9 cm³/mol. The van der Waals surface area contributed by atoms with Crippen molar-refractivity contribution in [2.75, 3.05) is 6.54 Å². The van der Waals surface area contributed by atoms with E-state index in [0.717, 1.165) is 13.0 Å². The molecule has 1 unspecified atom stereocenters. The molecule has 6 nitrogen and oxygen atoms in total. The van der Waals surface area contributed by atoms with Crippen molar-refractivity contribution in [2.24, 2.45) is 0 Å². The van der Waals surface area contributed by atoms with Crippen LogP contribution in [0.1, 0.15) is 30.9 Å². The van der Waals surface area contributed by atoms with Crippen molar-refractivity contribution >= 4 is 21.8 Å². The van der Waals surface area contributed by atoms with Crippen molar-refractivity contribution in [3.05, 3.63) is 50.6 Å². The van der Waals surface area contributed by atoms with E-state index < -0.39 is 4.92 Å². The molecular weight excluding hydrogens is 316 g/mol. The third-order valence-corrected chi connectivity index (χ3v) is 2.98. The van der Waals surface area contributed by atoms with Crippen LogP contribution in [0.5, 0.6) is 0 Å². The van der Waals surface area contributed by atoms with E-state index in [-0.39, 0.29) is 11.9 Å². The number of rotatable bonds is 6. The van der Waals surface area contributed by atoms with E-state index in [2.05, 4.69) is 21.2 Å². The maximum Gasteiger partial charge on any atom is 0.433 e. The third-order valence-electron chi connectivity index (χ3n) is 2.55. The highest BCUT2D eigenvalue weighted by Crippen LogP contribution is 2.29. The van der Waals surface area contributed by atoms with Crippen LogP contribution < -0.4 is 5.32 Å². The Morgan fingerprint density at radius 1 is 1.32 bits per heavy atom. The zero-order valence-electron chi connectivity index (χ0n) is 10.3. The summed E-state index contributed by atoms with van der Waals surface area (Å²) < 4.78 is 11.3. The number of furan rings is 2. The Bertz CT molecular complexity index is 564. The minimum atomic E-state index is -0.557. The summed E-state index contributed by atoms with van der Waals surface area (Å²) >= 11 is 3.24. The Labute approximate surface area is 118 Å². The molecular formula is C12H13BrN2O4. The van der Waals surface area contributed by atoms with Crippen LogP contribution in [0.15, 0.2) is 37.8 Å². The van der Waals surface area contributed by atoms with Gasteiger partial charge < -0.3 is 14.2 Å². The van der Waals surface area contributed by atoms with Gasteiger partial charge in [0.05, 0.1) is 6.07 Å². The molecule has 0 fully saturated rings. The molecule has 2 aromatic rings. The average Bonchev–Trinajstić information content (AvgIpc) is 2.99. The van der Waals surface area contributed by atoms with Gasteiger partial charge in [0.25, 0.3) is 0 Å². The highest BCUT2D eigenvalue weighted by molar-refractivity contribution is 9.10. The van der Waals surface area contributed by atoms with Crippen LogP contribution in [0.25, 0.3) is 0 Å². The topological polar surface area (TPSA) is 81.5 Å². The summed E-state index contributed by atoms with van der Waals surface area (Å²) in [6.45, 7) is 2.78. The van der Waals surface area contributed by atoms with Gasteiger partial charge in [-0.3, -0.25) is 10.1 Å². The molecule has 0 aliphatic carbocycles. The fourth-order valence-electron chi connectivity index (χ4n) is 1.71. The molecule has 0 spiro atoms. The van der Waals surface area contributed by atoms with Gasteiger partial charge >= 0.3 is 5.88 Å². The molecule has 0 amide bonds. The smallest absolute Gasteiger partial charge is 0.433 e. The maximum absolute atomic E-state index is 10.7. The first-order valence-corrected chi connectivity index (χ1v) is 6.64. The molecule has 102 valence electrons. The summed E-state index contributed by atoms with van der Waals surface area (Å²) in [6, 6.07) is 6.16. The van der Waals surface area contributed by atoms with Gasteiger partial charge in [-0.1, -0.05) is 6.92 Å². The minimum absolute atomic E-state index is 0.274. The standard InChI is InChI=1S/C12H13BrN2O4/c1-2-7-14-12(8-3-5-10(13)18-8)9-4-6-11(19-9)15(16)17/h3-6,12,14H,2,7H2,1H3. The molecule has 2 rings (SSSR count). The van der Waals surface area contributed by atoms with Gasteiger partial charge in [-0.25, -0.2) is 0 Å². The normalized spacial score (nSPS) is 12.5. The van der Waals surface area contributed by atoms with Crippen LogP contribution in [-0.4, -0.2) is 11.5 Å². The molecule has 0 aliphatic heterocycles. The Kier molecular flexibility index (Phi) is 4.39. The summed E-state index contributed by atoms with van der Waals surface area (Å²) in [6.07, 6.45) is 0.932. The highest BCUT2D eigenvalue weighted by atomic mass is 79.9. The molecule has 0 aromatic carbocycles. The monoisotopic (exact) mass is 328 g/mol. The van der Waals surface area contributed by atoms with Gasteiger partial charge in [0.1, 0.15) is 22.5 Å². The maximum atomic E-state index is 10.7. The quantitative estimate of drug-likeness (QED) is 0.646. The minimum Gasteiger partial charge on any atom is -0.452 e. The lowest BCUT2D eigenvalue weighted by molar-refractivity contribution is -0.402. The van der Waals surface area contributed by atoms with Crippen molar-refractivity contribution in [3.63, 3.8) is 0 Å². The number of nitro groups is 1. The van der Waals surface area contributed by atoms with Crippen LogP contribution in [0.3, 0.4) is 0 Å². The lowest BCUT2D eigenvalue weighted by atomic mass is 10.1. The van der Waals surface area contributed by atoms with Gasteiger partial charge in [0.15, 0.2) is 4.67 Å². The molecule has 0 bridgehead atoms. The molecule has 1 N–H and O–H groups in total. The molecule has 1 atom stereocenters. The van der Waals surface area contributed by atoms with Gasteiger partial charge in [-0.05, 0) is 47.1 Å². The summed E-state index contributed by atoms with van der Waals surface area (Å²) in [5, 5.41) is 13.9. The van der Waals surface area contributed by atoms with Gasteiger partial charge in [0, 0.05) is 0 Å². The molecule has 0 saturated carbocycles. The van der Waals surface area contributed by atoms with Crippen LogP contribution in [0.4, 0.5) is 5.88 Å². The lowest BCUT2D eigenvalue weighted by Gasteiger charge is -2.13. The van der Waals surface area contributed by atoms with Gasteiger partial charge in [-0.2, -0.15) is 0 Å². The van der Waals surface area contributed by atoms with Crippen molar-refractivity contribution in [1.82, 2.24) is 5.32 Å². The van der Waals surface area contributed by atoms with Crippen LogP contribution in [0.2, 0.25) is 0 Å². The number of nitrogens with one attached hydrogen (secondary N) is 1. The van der Waals surface area contributed by atoms with Crippen LogP contribution in [0, 0.1) is 10.1 Å². The van der Waals surface area contributed by atoms with E-state index in [0.29, 0.717) is 16.2 Å². The highest BCUT2D eigenvalue weighted by Gasteiger charge is 2.23. The number of nitrogens with zero attached hydrogens (tertiary/aromatic N) is 1. The largest absolute Gasteiger partial charge is 0.452 e. The summed E-state index contributed by atoms with van der Waals surface area (Å²) in [4.78, 5) is 10.1. The predicted octanol–water partition coefficient (Wildman–Crippen LogP) is 3.63. The first-order valence-electron chi connectivity index (χ1n) is 5.84. The Morgan fingerprint density at radius 3 is 2.53 bits per heavy atom.